The first-order chi connectivity index (χ1) is 7.50. The maximum atomic E-state index is 10.7. The van der Waals surface area contributed by atoms with Gasteiger partial charge in [0.2, 0.25) is 5.91 Å². The Morgan fingerprint density at radius 1 is 1.50 bits per heavy atom. The summed E-state index contributed by atoms with van der Waals surface area (Å²) in [4.78, 5) is 12.7. The highest BCUT2D eigenvalue weighted by Gasteiger charge is 2.08. The standard InChI is InChI=1S/C11H18N4O/c1-15(2)9-5-3-4-8(6-9)14-7-10(12)11(13)16/h3-6,10,14H,7,12H2,1-2H3,(H2,13,16). The summed E-state index contributed by atoms with van der Waals surface area (Å²) in [5, 5.41) is 3.07. The summed E-state index contributed by atoms with van der Waals surface area (Å²) in [7, 11) is 3.93. The maximum Gasteiger partial charge on any atom is 0.236 e. The molecule has 88 valence electrons. The number of carbonyl (C=O) groups is 1. The predicted octanol–water partition coefficient (Wildman–Crippen LogP) is -0.0229. The van der Waals surface area contributed by atoms with Crippen molar-refractivity contribution in [1.29, 1.82) is 0 Å². The predicted molar refractivity (Wildman–Crippen MR) is 66.4 cm³/mol. The molecule has 0 aromatic heterocycles. The molecule has 0 saturated heterocycles. The van der Waals surface area contributed by atoms with Crippen LogP contribution in [0.25, 0.3) is 0 Å². The molecule has 1 rings (SSSR count). The van der Waals surface area contributed by atoms with Crippen molar-refractivity contribution in [2.75, 3.05) is 30.9 Å². The summed E-state index contributed by atoms with van der Waals surface area (Å²) in [5.74, 6) is -0.503. The van der Waals surface area contributed by atoms with Gasteiger partial charge in [0.15, 0.2) is 0 Å². The van der Waals surface area contributed by atoms with Gasteiger partial charge in [-0.3, -0.25) is 4.79 Å². The van der Waals surface area contributed by atoms with Crippen LogP contribution in [0.2, 0.25) is 0 Å². The molecule has 0 heterocycles. The van der Waals surface area contributed by atoms with Crippen LogP contribution in [0.1, 0.15) is 0 Å². The Hall–Kier alpha value is -1.75. The SMILES string of the molecule is CN(C)c1cccc(NCC(N)C(N)=O)c1. The van der Waals surface area contributed by atoms with E-state index in [1.165, 1.54) is 0 Å². The smallest absolute Gasteiger partial charge is 0.236 e. The van der Waals surface area contributed by atoms with E-state index in [0.717, 1.165) is 11.4 Å². The number of carbonyl (C=O) groups excluding carboxylic acids is 1. The monoisotopic (exact) mass is 222 g/mol. The molecule has 1 aromatic rings. The van der Waals surface area contributed by atoms with Crippen molar-refractivity contribution < 1.29 is 4.79 Å². The van der Waals surface area contributed by atoms with Gasteiger partial charge in [-0.1, -0.05) is 6.07 Å². The van der Waals surface area contributed by atoms with Gasteiger partial charge in [0.25, 0.3) is 0 Å². The first kappa shape index (κ1) is 12.3. The summed E-state index contributed by atoms with van der Waals surface area (Å²) in [5.41, 5.74) is 12.6. The molecule has 5 heteroatoms. The zero-order chi connectivity index (χ0) is 12.1. The quantitative estimate of drug-likeness (QED) is 0.653. The minimum Gasteiger partial charge on any atom is -0.383 e. The van der Waals surface area contributed by atoms with Gasteiger partial charge in [-0.25, -0.2) is 0 Å². The highest BCUT2D eigenvalue weighted by molar-refractivity contribution is 5.80. The molecule has 1 unspecified atom stereocenters. The van der Waals surface area contributed by atoms with Crippen molar-refractivity contribution in [2.24, 2.45) is 11.5 Å². The average molecular weight is 222 g/mol. The third-order valence-electron chi connectivity index (χ3n) is 2.25. The van der Waals surface area contributed by atoms with E-state index in [0.29, 0.717) is 6.54 Å². The second kappa shape index (κ2) is 5.37. The second-order valence-electron chi connectivity index (χ2n) is 3.83. The van der Waals surface area contributed by atoms with E-state index in [9.17, 15) is 4.79 Å². The first-order valence-electron chi connectivity index (χ1n) is 5.07. The van der Waals surface area contributed by atoms with E-state index in [4.69, 9.17) is 11.5 Å². The molecule has 1 amide bonds. The lowest BCUT2D eigenvalue weighted by Crippen LogP contribution is -2.41. The molecule has 5 N–H and O–H groups in total. The van der Waals surface area contributed by atoms with Gasteiger partial charge in [0.1, 0.15) is 6.04 Å². The molecule has 1 atom stereocenters. The van der Waals surface area contributed by atoms with E-state index < -0.39 is 11.9 Å². The fraction of sp³-hybridized carbons (Fsp3) is 0.364. The minimum absolute atomic E-state index is 0.339. The second-order valence-corrected chi connectivity index (χ2v) is 3.83. The molecule has 16 heavy (non-hydrogen) atoms. The van der Waals surface area contributed by atoms with Gasteiger partial charge >= 0.3 is 0 Å². The highest BCUT2D eigenvalue weighted by atomic mass is 16.1. The Kier molecular flexibility index (Phi) is 4.13. The molecule has 0 fully saturated rings. The van der Waals surface area contributed by atoms with Crippen molar-refractivity contribution in [3.05, 3.63) is 24.3 Å². The Balaban J connectivity index is 2.60. The molecule has 5 nitrogen and oxygen atoms in total. The lowest BCUT2D eigenvalue weighted by Gasteiger charge is -2.15. The Morgan fingerprint density at radius 3 is 2.75 bits per heavy atom. The van der Waals surface area contributed by atoms with E-state index >= 15 is 0 Å². The van der Waals surface area contributed by atoms with Crippen molar-refractivity contribution in [1.82, 2.24) is 0 Å². The summed E-state index contributed by atoms with van der Waals surface area (Å²) < 4.78 is 0. The van der Waals surface area contributed by atoms with Crippen LogP contribution in [0.4, 0.5) is 11.4 Å². The Morgan fingerprint density at radius 2 is 2.19 bits per heavy atom. The van der Waals surface area contributed by atoms with Crippen LogP contribution < -0.4 is 21.7 Å². The number of hydrogen-bond acceptors (Lipinski definition) is 4. The third kappa shape index (κ3) is 3.43. The number of benzene rings is 1. The molecule has 0 radical (unpaired) electrons. The number of anilines is 2. The van der Waals surface area contributed by atoms with Crippen LogP contribution in [0.3, 0.4) is 0 Å². The van der Waals surface area contributed by atoms with Crippen LogP contribution >= 0.6 is 0 Å². The van der Waals surface area contributed by atoms with Gasteiger partial charge in [0, 0.05) is 32.0 Å². The number of nitrogens with zero attached hydrogens (tertiary/aromatic N) is 1. The van der Waals surface area contributed by atoms with E-state index in [1.807, 2.05) is 43.3 Å². The van der Waals surface area contributed by atoms with Gasteiger partial charge in [-0.05, 0) is 18.2 Å². The average Bonchev–Trinajstić information content (AvgIpc) is 2.26. The van der Waals surface area contributed by atoms with E-state index in [2.05, 4.69) is 5.32 Å². The van der Waals surface area contributed by atoms with Crippen molar-refractivity contribution in [2.45, 2.75) is 6.04 Å². The Bertz CT molecular complexity index is 365. The summed E-state index contributed by atoms with van der Waals surface area (Å²) in [6, 6.07) is 7.17. The van der Waals surface area contributed by atoms with Crippen molar-refractivity contribution in [3.63, 3.8) is 0 Å². The number of rotatable bonds is 5. The number of amides is 1. The van der Waals surface area contributed by atoms with Gasteiger partial charge in [-0.15, -0.1) is 0 Å². The van der Waals surface area contributed by atoms with Crippen LogP contribution in [0, 0.1) is 0 Å². The van der Waals surface area contributed by atoms with Crippen LogP contribution in [0.15, 0.2) is 24.3 Å². The van der Waals surface area contributed by atoms with Crippen molar-refractivity contribution >= 4 is 17.3 Å². The fourth-order valence-electron chi connectivity index (χ4n) is 1.22. The molecular weight excluding hydrogens is 204 g/mol. The molecule has 0 aliphatic heterocycles. The molecule has 0 spiro atoms. The van der Waals surface area contributed by atoms with Crippen molar-refractivity contribution in [3.8, 4) is 0 Å². The summed E-state index contributed by atoms with van der Waals surface area (Å²) in [6.45, 7) is 0.339. The van der Waals surface area contributed by atoms with E-state index in [1.54, 1.807) is 0 Å². The summed E-state index contributed by atoms with van der Waals surface area (Å²) in [6.07, 6.45) is 0. The maximum absolute atomic E-state index is 10.7. The first-order valence-corrected chi connectivity index (χ1v) is 5.07. The molecule has 1 aromatic carbocycles. The lowest BCUT2D eigenvalue weighted by molar-refractivity contribution is -0.118. The largest absolute Gasteiger partial charge is 0.383 e. The molecule has 0 bridgehead atoms. The molecule has 0 aliphatic rings. The van der Waals surface area contributed by atoms with Gasteiger partial charge in [0.05, 0.1) is 0 Å². The van der Waals surface area contributed by atoms with Gasteiger partial charge in [-0.2, -0.15) is 0 Å². The topological polar surface area (TPSA) is 84.4 Å². The van der Waals surface area contributed by atoms with Crippen LogP contribution in [-0.4, -0.2) is 32.6 Å². The zero-order valence-corrected chi connectivity index (χ0v) is 9.60. The number of primary amides is 1. The number of nitrogens with one attached hydrogen (secondary N) is 1. The molecule has 0 aliphatic carbocycles. The third-order valence-corrected chi connectivity index (χ3v) is 2.25. The number of hydrogen-bond donors (Lipinski definition) is 3. The number of nitrogens with two attached hydrogens (primary N) is 2. The Labute approximate surface area is 95.4 Å². The van der Waals surface area contributed by atoms with Gasteiger partial charge < -0.3 is 21.7 Å². The highest BCUT2D eigenvalue weighted by Crippen LogP contribution is 2.16. The van der Waals surface area contributed by atoms with Crippen LogP contribution in [-0.2, 0) is 4.79 Å². The zero-order valence-electron chi connectivity index (χ0n) is 9.60. The fourth-order valence-corrected chi connectivity index (χ4v) is 1.22. The minimum atomic E-state index is -0.664. The molecule has 0 saturated carbocycles. The lowest BCUT2D eigenvalue weighted by atomic mass is 10.2. The summed E-state index contributed by atoms with van der Waals surface area (Å²) >= 11 is 0. The van der Waals surface area contributed by atoms with Crippen LogP contribution in [0.5, 0.6) is 0 Å². The van der Waals surface area contributed by atoms with E-state index in [-0.39, 0.29) is 0 Å². The normalized spacial score (nSPS) is 11.9. The molecular formula is C11H18N4O.